The van der Waals surface area contributed by atoms with Gasteiger partial charge in [-0.1, -0.05) is 84.9 Å². The van der Waals surface area contributed by atoms with Crippen LogP contribution in [0.25, 0.3) is 10.8 Å². The van der Waals surface area contributed by atoms with Crippen molar-refractivity contribution < 1.29 is 4.79 Å². The molecule has 0 spiro atoms. The van der Waals surface area contributed by atoms with Gasteiger partial charge in [0.15, 0.2) is 0 Å². The van der Waals surface area contributed by atoms with Crippen molar-refractivity contribution in [1.29, 1.82) is 0 Å². The third-order valence-electron chi connectivity index (χ3n) is 6.68. The molecule has 5 aromatic rings. The maximum absolute atomic E-state index is 12.2. The fourth-order valence-corrected chi connectivity index (χ4v) is 4.78. The van der Waals surface area contributed by atoms with Crippen LogP contribution in [0.15, 0.2) is 132 Å². The van der Waals surface area contributed by atoms with E-state index in [4.69, 9.17) is 5.10 Å². The van der Waals surface area contributed by atoms with Crippen LogP contribution in [0.1, 0.15) is 39.5 Å². The maximum Gasteiger partial charge on any atom is 0.271 e. The van der Waals surface area contributed by atoms with Gasteiger partial charge in [0, 0.05) is 24.4 Å². The highest BCUT2D eigenvalue weighted by atomic mass is 16.2. The van der Waals surface area contributed by atoms with Gasteiger partial charge in [-0.25, -0.2) is 5.43 Å². The average Bonchev–Trinajstić information content (AvgIpc) is 3.43. The predicted molar refractivity (Wildman–Crippen MR) is 153 cm³/mol. The molecule has 0 saturated carbocycles. The lowest BCUT2D eigenvalue weighted by atomic mass is 9.94. The molecule has 0 bridgehead atoms. The molecule has 2 heterocycles. The number of carbonyl (C=O) groups is 1. The highest BCUT2D eigenvalue weighted by Gasteiger charge is 2.30. The summed E-state index contributed by atoms with van der Waals surface area (Å²) in [6.45, 7) is 0. The van der Waals surface area contributed by atoms with Crippen molar-refractivity contribution in [2.45, 2.75) is 12.5 Å². The molecule has 1 N–H and O–H groups in total. The summed E-state index contributed by atoms with van der Waals surface area (Å²) >= 11 is 0. The second kappa shape index (κ2) is 10.5. The molecule has 0 fully saturated rings. The molecule has 1 aliphatic heterocycles. The molecular formula is C32H25N5O. The largest absolute Gasteiger partial charge is 0.271 e. The lowest BCUT2D eigenvalue weighted by Crippen LogP contribution is -2.19. The number of nitrogens with one attached hydrogen (secondary N) is 1. The molecule has 0 aliphatic carbocycles. The van der Waals surface area contributed by atoms with E-state index in [-0.39, 0.29) is 11.9 Å². The Balaban J connectivity index is 1.28. The van der Waals surface area contributed by atoms with Crippen LogP contribution in [0.3, 0.4) is 0 Å². The first-order valence-electron chi connectivity index (χ1n) is 12.5. The molecule has 38 heavy (non-hydrogen) atoms. The number of hydrogen-bond acceptors (Lipinski definition) is 5. The number of anilines is 1. The van der Waals surface area contributed by atoms with Crippen molar-refractivity contribution in [2.75, 3.05) is 5.01 Å². The summed E-state index contributed by atoms with van der Waals surface area (Å²) < 4.78 is 0. The second-order valence-corrected chi connectivity index (χ2v) is 9.07. The number of hydrogen-bond donors (Lipinski definition) is 1. The molecule has 6 nitrogen and oxygen atoms in total. The van der Waals surface area contributed by atoms with Gasteiger partial charge in [0.05, 0.1) is 23.7 Å². The number of pyridine rings is 1. The zero-order valence-electron chi connectivity index (χ0n) is 20.6. The van der Waals surface area contributed by atoms with Gasteiger partial charge in [0.2, 0.25) is 0 Å². The summed E-state index contributed by atoms with van der Waals surface area (Å²) in [5.41, 5.74) is 8.38. The molecule has 6 rings (SSSR count). The molecule has 1 aliphatic rings. The van der Waals surface area contributed by atoms with Gasteiger partial charge in [0.1, 0.15) is 0 Å². The number of amides is 1. The lowest BCUT2D eigenvalue weighted by Gasteiger charge is -2.25. The third-order valence-corrected chi connectivity index (χ3v) is 6.68. The molecule has 1 atom stereocenters. The lowest BCUT2D eigenvalue weighted by molar-refractivity contribution is 0.0955. The van der Waals surface area contributed by atoms with Crippen molar-refractivity contribution in [3.05, 3.63) is 144 Å². The van der Waals surface area contributed by atoms with Gasteiger partial charge >= 0.3 is 0 Å². The quantitative estimate of drug-likeness (QED) is 0.220. The number of aromatic nitrogens is 1. The van der Waals surface area contributed by atoms with Crippen LogP contribution in [-0.4, -0.2) is 22.8 Å². The zero-order valence-corrected chi connectivity index (χ0v) is 20.6. The molecular weight excluding hydrogens is 470 g/mol. The normalized spacial score (nSPS) is 15.1. The highest BCUT2D eigenvalue weighted by Crippen LogP contribution is 2.39. The Hall–Kier alpha value is -5.10. The molecule has 6 heteroatoms. The molecule has 0 unspecified atom stereocenters. The van der Waals surface area contributed by atoms with Crippen molar-refractivity contribution in [2.24, 2.45) is 10.2 Å². The fourth-order valence-electron chi connectivity index (χ4n) is 4.78. The van der Waals surface area contributed by atoms with E-state index in [1.165, 1.54) is 16.3 Å². The monoisotopic (exact) mass is 495 g/mol. The van der Waals surface area contributed by atoms with Gasteiger partial charge in [-0.15, -0.1) is 0 Å². The number of fused-ring (bicyclic) bond motifs is 1. The minimum absolute atomic E-state index is 0.0653. The summed E-state index contributed by atoms with van der Waals surface area (Å²) in [6.07, 6.45) is 5.59. The third kappa shape index (κ3) is 4.80. The van der Waals surface area contributed by atoms with Gasteiger partial charge in [-0.05, 0) is 51.7 Å². The predicted octanol–water partition coefficient (Wildman–Crippen LogP) is 6.35. The van der Waals surface area contributed by atoms with E-state index < -0.39 is 0 Å². The van der Waals surface area contributed by atoms with E-state index in [9.17, 15) is 4.79 Å². The van der Waals surface area contributed by atoms with Crippen LogP contribution in [-0.2, 0) is 0 Å². The summed E-state index contributed by atoms with van der Waals surface area (Å²) in [6, 6.07) is 36.7. The van der Waals surface area contributed by atoms with Crippen LogP contribution in [0, 0.1) is 0 Å². The van der Waals surface area contributed by atoms with E-state index >= 15 is 0 Å². The first kappa shape index (κ1) is 23.3. The smallest absolute Gasteiger partial charge is 0.267 e. The van der Waals surface area contributed by atoms with Gasteiger partial charge < -0.3 is 0 Å². The van der Waals surface area contributed by atoms with Crippen LogP contribution in [0.2, 0.25) is 0 Å². The molecule has 4 aromatic carbocycles. The number of nitrogens with zero attached hydrogens (tertiary/aromatic N) is 4. The molecule has 1 amide bonds. The minimum atomic E-state index is -0.280. The Morgan fingerprint density at radius 1 is 0.842 bits per heavy atom. The van der Waals surface area contributed by atoms with Crippen LogP contribution in [0.5, 0.6) is 0 Å². The van der Waals surface area contributed by atoms with Gasteiger partial charge in [-0.2, -0.15) is 10.2 Å². The second-order valence-electron chi connectivity index (χ2n) is 9.07. The summed E-state index contributed by atoms with van der Waals surface area (Å²) in [4.78, 5) is 16.1. The van der Waals surface area contributed by atoms with Crippen molar-refractivity contribution in [3.63, 3.8) is 0 Å². The maximum atomic E-state index is 12.2. The van der Waals surface area contributed by atoms with E-state index in [1.807, 2.05) is 30.3 Å². The first-order valence-corrected chi connectivity index (χ1v) is 12.5. The van der Waals surface area contributed by atoms with Gasteiger partial charge in [-0.3, -0.25) is 14.8 Å². The Labute approximate surface area is 221 Å². The van der Waals surface area contributed by atoms with E-state index in [2.05, 4.69) is 87.3 Å². The molecule has 0 saturated heterocycles. The van der Waals surface area contributed by atoms with Crippen LogP contribution in [0.4, 0.5) is 5.69 Å². The summed E-state index contributed by atoms with van der Waals surface area (Å²) in [7, 11) is 0. The number of benzene rings is 4. The SMILES string of the molecule is O=C(NN=Cc1ccc(N2N=C(c3ccccc3)C[C@H]2c2cccc3ccccc23)cc1)c1ccncc1. The van der Waals surface area contributed by atoms with Crippen LogP contribution >= 0.6 is 0 Å². The Bertz CT molecular complexity index is 1620. The minimum Gasteiger partial charge on any atom is -0.267 e. The first-order chi connectivity index (χ1) is 18.8. The fraction of sp³-hybridized carbons (Fsp3) is 0.0625. The van der Waals surface area contributed by atoms with Crippen molar-refractivity contribution in [1.82, 2.24) is 10.4 Å². The number of hydrazone groups is 2. The van der Waals surface area contributed by atoms with E-state index in [0.29, 0.717) is 5.56 Å². The summed E-state index contributed by atoms with van der Waals surface area (Å²) in [5, 5.41) is 13.8. The van der Waals surface area contributed by atoms with E-state index in [1.54, 1.807) is 30.7 Å². The van der Waals surface area contributed by atoms with Gasteiger partial charge in [0.25, 0.3) is 5.91 Å². The van der Waals surface area contributed by atoms with Crippen molar-refractivity contribution >= 4 is 34.3 Å². The molecule has 184 valence electrons. The topological polar surface area (TPSA) is 70.0 Å². The molecule has 1 aromatic heterocycles. The Morgan fingerprint density at radius 3 is 2.39 bits per heavy atom. The number of rotatable bonds is 6. The number of carbonyl (C=O) groups excluding carboxylic acids is 1. The molecule has 0 radical (unpaired) electrons. The zero-order chi connectivity index (χ0) is 25.7. The Kier molecular flexibility index (Phi) is 6.43. The van der Waals surface area contributed by atoms with Crippen LogP contribution < -0.4 is 10.4 Å². The highest BCUT2D eigenvalue weighted by molar-refractivity contribution is 6.04. The van der Waals surface area contributed by atoms with Crippen molar-refractivity contribution in [3.8, 4) is 0 Å². The summed E-state index contributed by atoms with van der Waals surface area (Å²) in [5.74, 6) is -0.280. The Morgan fingerprint density at radius 2 is 1.58 bits per heavy atom. The van der Waals surface area contributed by atoms with E-state index in [0.717, 1.165) is 28.9 Å². The standard InChI is InChI=1S/C32H25N5O/c38-32(26-17-19-33-20-18-26)35-34-22-23-13-15-27(16-14-23)37-31(21-30(36-37)25-8-2-1-3-9-25)29-12-6-10-24-7-4-5-11-28(24)29/h1-20,22,31H,21H2,(H,35,38)/t31-/m0/s1. The average molecular weight is 496 g/mol.